The summed E-state index contributed by atoms with van der Waals surface area (Å²) in [7, 11) is -4.09. The average Bonchev–Trinajstić information content (AvgIpc) is 2.15. The van der Waals surface area contributed by atoms with Gasteiger partial charge >= 0.3 is 0 Å². The van der Waals surface area contributed by atoms with Crippen LogP contribution in [0.1, 0.15) is 25.0 Å². The number of rotatable bonds is 3. The molecule has 0 amide bonds. The SMILES string of the molecule is CCc1[c]c(CC)cc(S(=O)(=O)O)c1. The minimum absolute atomic E-state index is 0.0371. The molecule has 1 N–H and O–H groups in total. The zero-order valence-electron chi connectivity index (χ0n) is 8.24. The van der Waals surface area contributed by atoms with E-state index in [0.29, 0.717) is 12.8 Å². The molecule has 0 aliphatic carbocycles. The first-order valence-corrected chi connectivity index (χ1v) is 5.94. The molecule has 1 rings (SSSR count). The van der Waals surface area contributed by atoms with E-state index in [9.17, 15) is 8.42 Å². The van der Waals surface area contributed by atoms with Crippen LogP contribution in [0.25, 0.3) is 0 Å². The minimum Gasteiger partial charge on any atom is -0.282 e. The molecule has 1 aromatic carbocycles. The van der Waals surface area contributed by atoms with Gasteiger partial charge in [0.1, 0.15) is 0 Å². The number of aryl methyl sites for hydroxylation is 2. The zero-order chi connectivity index (χ0) is 10.8. The number of benzene rings is 1. The molecule has 0 heterocycles. The first-order valence-electron chi connectivity index (χ1n) is 4.50. The Kier molecular flexibility index (Phi) is 3.29. The Morgan fingerprint density at radius 3 is 1.93 bits per heavy atom. The molecular formula is C10H13O3S. The van der Waals surface area contributed by atoms with Gasteiger partial charge in [-0.1, -0.05) is 13.8 Å². The molecule has 0 saturated heterocycles. The minimum atomic E-state index is -4.09. The normalized spacial score (nSPS) is 11.6. The smallest absolute Gasteiger partial charge is 0.282 e. The molecule has 0 aliphatic rings. The van der Waals surface area contributed by atoms with Crippen LogP contribution in [0.5, 0.6) is 0 Å². The molecule has 77 valence electrons. The van der Waals surface area contributed by atoms with E-state index in [1.807, 2.05) is 13.8 Å². The maximum atomic E-state index is 10.9. The predicted molar refractivity (Wildman–Crippen MR) is 53.8 cm³/mol. The highest BCUT2D eigenvalue weighted by molar-refractivity contribution is 7.85. The van der Waals surface area contributed by atoms with Gasteiger partial charge in [0.15, 0.2) is 0 Å². The van der Waals surface area contributed by atoms with Gasteiger partial charge < -0.3 is 0 Å². The van der Waals surface area contributed by atoms with Crippen molar-refractivity contribution < 1.29 is 13.0 Å². The van der Waals surface area contributed by atoms with Crippen molar-refractivity contribution in [2.75, 3.05) is 0 Å². The van der Waals surface area contributed by atoms with Gasteiger partial charge in [-0.05, 0) is 42.2 Å². The van der Waals surface area contributed by atoms with E-state index in [-0.39, 0.29) is 4.90 Å². The van der Waals surface area contributed by atoms with Gasteiger partial charge in [0.05, 0.1) is 4.90 Å². The third-order valence-corrected chi connectivity index (χ3v) is 2.85. The third-order valence-electron chi connectivity index (χ3n) is 2.01. The lowest BCUT2D eigenvalue weighted by atomic mass is 10.1. The Balaban J connectivity index is 3.32. The molecule has 4 heteroatoms. The summed E-state index contributed by atoms with van der Waals surface area (Å²) in [6, 6.07) is 5.99. The van der Waals surface area contributed by atoms with Crippen molar-refractivity contribution in [1.29, 1.82) is 0 Å². The van der Waals surface area contributed by atoms with Crippen LogP contribution in [0.3, 0.4) is 0 Å². The maximum Gasteiger partial charge on any atom is 0.294 e. The number of hydrogen-bond acceptors (Lipinski definition) is 2. The molecule has 0 aliphatic heterocycles. The standard InChI is InChI=1S/C10H13O3S/c1-3-8-5-9(4-2)7-10(6-8)14(11,12)13/h6-7H,3-4H2,1-2H3,(H,11,12,13). The van der Waals surface area contributed by atoms with Crippen LogP contribution in [0, 0.1) is 6.07 Å². The Hall–Kier alpha value is -0.870. The van der Waals surface area contributed by atoms with E-state index < -0.39 is 10.1 Å². The van der Waals surface area contributed by atoms with Gasteiger partial charge in [0.2, 0.25) is 0 Å². The van der Waals surface area contributed by atoms with Crippen LogP contribution in [-0.4, -0.2) is 13.0 Å². The Labute approximate surface area is 84.5 Å². The quantitative estimate of drug-likeness (QED) is 0.780. The summed E-state index contributed by atoms with van der Waals surface area (Å²) in [6.07, 6.45) is 1.41. The molecule has 1 aromatic rings. The van der Waals surface area contributed by atoms with Crippen molar-refractivity contribution in [3.63, 3.8) is 0 Å². The van der Waals surface area contributed by atoms with Crippen molar-refractivity contribution in [2.45, 2.75) is 31.6 Å². The lowest BCUT2D eigenvalue weighted by Crippen LogP contribution is -2.00. The fourth-order valence-electron chi connectivity index (χ4n) is 1.19. The van der Waals surface area contributed by atoms with Crippen LogP contribution in [0.2, 0.25) is 0 Å². The number of hydrogen-bond donors (Lipinski definition) is 1. The van der Waals surface area contributed by atoms with Crippen molar-refractivity contribution in [3.8, 4) is 0 Å². The molecule has 14 heavy (non-hydrogen) atoms. The molecule has 0 atom stereocenters. The molecular weight excluding hydrogens is 200 g/mol. The molecule has 0 unspecified atom stereocenters. The fraction of sp³-hybridized carbons (Fsp3) is 0.400. The Morgan fingerprint density at radius 1 is 1.21 bits per heavy atom. The van der Waals surface area contributed by atoms with Gasteiger partial charge in [-0.3, -0.25) is 4.55 Å². The first-order chi connectivity index (χ1) is 6.47. The van der Waals surface area contributed by atoms with Crippen LogP contribution >= 0.6 is 0 Å². The summed E-state index contributed by atoms with van der Waals surface area (Å²) < 4.78 is 30.7. The van der Waals surface area contributed by atoms with Crippen LogP contribution in [0.4, 0.5) is 0 Å². The van der Waals surface area contributed by atoms with Gasteiger partial charge in [-0.25, -0.2) is 0 Å². The van der Waals surface area contributed by atoms with Crippen molar-refractivity contribution in [2.24, 2.45) is 0 Å². The summed E-state index contributed by atoms with van der Waals surface area (Å²) in [6.45, 7) is 3.83. The largest absolute Gasteiger partial charge is 0.294 e. The van der Waals surface area contributed by atoms with Crippen LogP contribution < -0.4 is 0 Å². The monoisotopic (exact) mass is 213 g/mol. The Bertz CT molecular complexity index is 399. The summed E-state index contributed by atoms with van der Waals surface area (Å²) in [5.41, 5.74) is 1.61. The van der Waals surface area contributed by atoms with E-state index in [1.54, 1.807) is 0 Å². The molecule has 0 aromatic heterocycles. The highest BCUT2D eigenvalue weighted by Crippen LogP contribution is 2.15. The molecule has 0 fully saturated rings. The summed E-state index contributed by atoms with van der Waals surface area (Å²) in [5.74, 6) is 0. The maximum absolute atomic E-state index is 10.9. The van der Waals surface area contributed by atoms with Crippen LogP contribution in [0.15, 0.2) is 17.0 Å². The molecule has 3 nitrogen and oxygen atoms in total. The van der Waals surface area contributed by atoms with Gasteiger partial charge in [-0.15, -0.1) is 0 Å². The second-order valence-corrected chi connectivity index (χ2v) is 4.47. The fourth-order valence-corrected chi connectivity index (χ4v) is 1.78. The molecule has 0 bridgehead atoms. The van der Waals surface area contributed by atoms with E-state index in [0.717, 1.165) is 11.1 Å². The predicted octanol–water partition coefficient (Wildman–Crippen LogP) is 1.86. The third kappa shape index (κ3) is 2.56. The molecule has 0 spiro atoms. The van der Waals surface area contributed by atoms with Crippen molar-refractivity contribution in [3.05, 3.63) is 29.3 Å². The Morgan fingerprint density at radius 2 is 1.64 bits per heavy atom. The zero-order valence-corrected chi connectivity index (χ0v) is 9.06. The first kappa shape index (κ1) is 11.2. The van der Waals surface area contributed by atoms with Gasteiger partial charge in [0, 0.05) is 0 Å². The highest BCUT2D eigenvalue weighted by atomic mass is 32.2. The second kappa shape index (κ2) is 4.11. The van der Waals surface area contributed by atoms with E-state index in [2.05, 4.69) is 6.07 Å². The molecule has 0 saturated carbocycles. The van der Waals surface area contributed by atoms with E-state index in [1.165, 1.54) is 12.1 Å². The lowest BCUT2D eigenvalue weighted by molar-refractivity contribution is 0.483. The van der Waals surface area contributed by atoms with Crippen molar-refractivity contribution in [1.82, 2.24) is 0 Å². The second-order valence-electron chi connectivity index (χ2n) is 3.05. The lowest BCUT2D eigenvalue weighted by Gasteiger charge is -2.04. The van der Waals surface area contributed by atoms with E-state index in [4.69, 9.17) is 4.55 Å². The summed E-state index contributed by atoms with van der Waals surface area (Å²) >= 11 is 0. The van der Waals surface area contributed by atoms with Crippen LogP contribution in [-0.2, 0) is 23.0 Å². The molecule has 1 radical (unpaired) electrons. The van der Waals surface area contributed by atoms with Gasteiger partial charge in [0.25, 0.3) is 10.1 Å². The van der Waals surface area contributed by atoms with E-state index >= 15 is 0 Å². The average molecular weight is 213 g/mol. The van der Waals surface area contributed by atoms with Crippen molar-refractivity contribution >= 4 is 10.1 Å². The highest BCUT2D eigenvalue weighted by Gasteiger charge is 2.11. The van der Waals surface area contributed by atoms with Gasteiger partial charge in [-0.2, -0.15) is 8.42 Å². The summed E-state index contributed by atoms with van der Waals surface area (Å²) in [4.78, 5) is -0.0371. The topological polar surface area (TPSA) is 54.4 Å². The summed E-state index contributed by atoms with van der Waals surface area (Å²) in [5, 5.41) is 0.